The number of nitrogens with one attached hydrogen (secondary N) is 1. The molecule has 2 nitrogen and oxygen atoms in total. The highest BCUT2D eigenvalue weighted by Crippen LogP contribution is 2.02. The Labute approximate surface area is 62.3 Å². The van der Waals surface area contributed by atoms with Gasteiger partial charge in [-0.2, -0.15) is 0 Å². The molecule has 1 unspecified atom stereocenters. The Hall–Kier alpha value is -0.760. The Morgan fingerprint density at radius 3 is 2.70 bits per heavy atom. The normalized spacial score (nSPS) is 12.5. The summed E-state index contributed by atoms with van der Waals surface area (Å²) in [4.78, 5) is 0. The van der Waals surface area contributed by atoms with Crippen molar-refractivity contribution in [3.05, 3.63) is 25.0 Å². The van der Waals surface area contributed by atoms with Crippen LogP contribution in [-0.2, 0) is 0 Å². The maximum Gasteiger partial charge on any atom is 0.0851 e. The minimum atomic E-state index is 0.238. The van der Waals surface area contributed by atoms with E-state index in [4.69, 9.17) is 5.11 Å². The first-order valence-electron chi connectivity index (χ1n) is 3.37. The minimum absolute atomic E-state index is 0.238. The first kappa shape index (κ1) is 9.24. The topological polar surface area (TPSA) is 32.3 Å². The fourth-order valence-corrected chi connectivity index (χ4v) is 0.702. The molecule has 1 atom stereocenters. The van der Waals surface area contributed by atoms with E-state index in [1.807, 2.05) is 13.1 Å². The van der Waals surface area contributed by atoms with E-state index in [1.54, 1.807) is 0 Å². The summed E-state index contributed by atoms with van der Waals surface area (Å²) >= 11 is 0. The monoisotopic (exact) mass is 141 g/mol. The van der Waals surface area contributed by atoms with Crippen molar-refractivity contribution in [2.24, 2.45) is 0 Å². The molecule has 0 amide bonds. The molecule has 0 heterocycles. The van der Waals surface area contributed by atoms with Crippen LogP contribution in [0.15, 0.2) is 25.0 Å². The van der Waals surface area contributed by atoms with Crippen LogP contribution in [0.3, 0.4) is 0 Å². The van der Waals surface area contributed by atoms with Gasteiger partial charge in [0.2, 0.25) is 0 Å². The largest absolute Gasteiger partial charge is 0.513 e. The molecule has 0 saturated heterocycles. The number of aliphatic hydroxyl groups is 1. The first-order chi connectivity index (χ1) is 4.70. The van der Waals surface area contributed by atoms with E-state index < -0.39 is 0 Å². The molecular weight excluding hydrogens is 126 g/mol. The van der Waals surface area contributed by atoms with Gasteiger partial charge in [0, 0.05) is 12.5 Å². The smallest absolute Gasteiger partial charge is 0.0851 e. The van der Waals surface area contributed by atoms with Gasteiger partial charge < -0.3 is 10.4 Å². The molecule has 0 aromatic rings. The SMILES string of the molecule is C=CC(CCC(=C)O)NC. The molecule has 0 spiro atoms. The van der Waals surface area contributed by atoms with Gasteiger partial charge >= 0.3 is 0 Å². The Kier molecular flexibility index (Phi) is 4.67. The van der Waals surface area contributed by atoms with Crippen molar-refractivity contribution in [3.63, 3.8) is 0 Å². The molecule has 0 aliphatic heterocycles. The second kappa shape index (κ2) is 5.06. The average molecular weight is 141 g/mol. The maximum absolute atomic E-state index is 8.74. The van der Waals surface area contributed by atoms with Crippen LogP contribution in [0.25, 0.3) is 0 Å². The Morgan fingerprint density at radius 1 is 1.80 bits per heavy atom. The van der Waals surface area contributed by atoms with Crippen LogP contribution in [0, 0.1) is 0 Å². The molecule has 58 valence electrons. The number of hydrogen-bond acceptors (Lipinski definition) is 2. The summed E-state index contributed by atoms with van der Waals surface area (Å²) in [5, 5.41) is 11.8. The Morgan fingerprint density at radius 2 is 2.40 bits per heavy atom. The van der Waals surface area contributed by atoms with E-state index in [2.05, 4.69) is 18.5 Å². The summed E-state index contributed by atoms with van der Waals surface area (Å²) in [6, 6.07) is 0.281. The predicted molar refractivity (Wildman–Crippen MR) is 44.0 cm³/mol. The highest BCUT2D eigenvalue weighted by atomic mass is 16.3. The van der Waals surface area contributed by atoms with E-state index >= 15 is 0 Å². The van der Waals surface area contributed by atoms with Crippen molar-refractivity contribution >= 4 is 0 Å². The molecule has 0 radical (unpaired) electrons. The van der Waals surface area contributed by atoms with E-state index in [0.717, 1.165) is 6.42 Å². The van der Waals surface area contributed by atoms with Gasteiger partial charge in [0.25, 0.3) is 0 Å². The molecule has 0 aromatic heterocycles. The third-order valence-electron chi connectivity index (χ3n) is 1.40. The summed E-state index contributed by atoms with van der Waals surface area (Å²) in [5.41, 5.74) is 0. The van der Waals surface area contributed by atoms with Gasteiger partial charge in [-0.25, -0.2) is 0 Å². The molecule has 0 bridgehead atoms. The minimum Gasteiger partial charge on any atom is -0.513 e. The summed E-state index contributed by atoms with van der Waals surface area (Å²) < 4.78 is 0. The fourth-order valence-electron chi connectivity index (χ4n) is 0.702. The lowest BCUT2D eigenvalue weighted by molar-refractivity contribution is 0.380. The predicted octanol–water partition coefficient (Wildman–Crippen LogP) is 1.61. The van der Waals surface area contributed by atoms with Crippen molar-refractivity contribution in [3.8, 4) is 0 Å². The molecule has 0 saturated carbocycles. The lowest BCUT2D eigenvalue weighted by atomic mass is 10.1. The Balaban J connectivity index is 3.44. The zero-order chi connectivity index (χ0) is 7.98. The van der Waals surface area contributed by atoms with Gasteiger partial charge in [-0.3, -0.25) is 0 Å². The first-order valence-corrected chi connectivity index (χ1v) is 3.37. The van der Waals surface area contributed by atoms with Crippen molar-refractivity contribution in [1.82, 2.24) is 5.32 Å². The van der Waals surface area contributed by atoms with E-state index in [-0.39, 0.29) is 11.8 Å². The molecule has 0 aromatic carbocycles. The zero-order valence-electron chi connectivity index (χ0n) is 6.43. The van der Waals surface area contributed by atoms with Crippen LogP contribution in [0.1, 0.15) is 12.8 Å². The van der Waals surface area contributed by atoms with Crippen LogP contribution < -0.4 is 5.32 Å². The van der Waals surface area contributed by atoms with Gasteiger partial charge in [0.1, 0.15) is 0 Å². The molecule has 10 heavy (non-hydrogen) atoms. The molecule has 0 rings (SSSR count). The standard InChI is InChI=1S/C8H15NO/c1-4-8(9-3)6-5-7(2)10/h4,8-10H,1-2,5-6H2,3H3. The number of rotatable bonds is 5. The number of likely N-dealkylation sites (N-methyl/N-ethyl adjacent to an activating group) is 1. The van der Waals surface area contributed by atoms with E-state index in [0.29, 0.717) is 6.42 Å². The van der Waals surface area contributed by atoms with E-state index in [9.17, 15) is 0 Å². The van der Waals surface area contributed by atoms with Gasteiger partial charge in [-0.15, -0.1) is 6.58 Å². The van der Waals surface area contributed by atoms with Crippen LogP contribution in [-0.4, -0.2) is 18.2 Å². The highest BCUT2D eigenvalue weighted by molar-refractivity contribution is 4.88. The summed E-state index contributed by atoms with van der Waals surface area (Å²) in [6.07, 6.45) is 3.32. The molecular formula is C8H15NO. The van der Waals surface area contributed by atoms with Crippen LogP contribution in [0.5, 0.6) is 0 Å². The van der Waals surface area contributed by atoms with Gasteiger partial charge in [-0.05, 0) is 13.5 Å². The third-order valence-corrected chi connectivity index (χ3v) is 1.40. The molecule has 2 heteroatoms. The van der Waals surface area contributed by atoms with Crippen molar-refractivity contribution in [2.75, 3.05) is 7.05 Å². The second-order valence-corrected chi connectivity index (χ2v) is 2.24. The van der Waals surface area contributed by atoms with Crippen LogP contribution >= 0.6 is 0 Å². The summed E-state index contributed by atoms with van der Waals surface area (Å²) in [6.45, 7) is 7.03. The molecule has 0 fully saturated rings. The van der Waals surface area contributed by atoms with Gasteiger partial charge in [0.15, 0.2) is 0 Å². The summed E-state index contributed by atoms with van der Waals surface area (Å²) in [5.74, 6) is 0.238. The van der Waals surface area contributed by atoms with Crippen molar-refractivity contribution in [1.29, 1.82) is 0 Å². The van der Waals surface area contributed by atoms with Crippen molar-refractivity contribution in [2.45, 2.75) is 18.9 Å². The molecule has 0 aliphatic rings. The van der Waals surface area contributed by atoms with Crippen LogP contribution in [0.4, 0.5) is 0 Å². The van der Waals surface area contributed by atoms with Gasteiger partial charge in [0.05, 0.1) is 5.76 Å². The number of allylic oxidation sites excluding steroid dienone is 1. The lowest BCUT2D eigenvalue weighted by Gasteiger charge is -2.09. The molecule has 2 N–H and O–H groups in total. The molecule has 0 aliphatic carbocycles. The Bertz CT molecular complexity index is 120. The van der Waals surface area contributed by atoms with Crippen molar-refractivity contribution < 1.29 is 5.11 Å². The fraction of sp³-hybridized carbons (Fsp3) is 0.500. The van der Waals surface area contributed by atoms with Crippen LogP contribution in [0.2, 0.25) is 0 Å². The van der Waals surface area contributed by atoms with E-state index in [1.165, 1.54) is 0 Å². The third kappa shape index (κ3) is 4.15. The van der Waals surface area contributed by atoms with Gasteiger partial charge in [-0.1, -0.05) is 12.7 Å². The maximum atomic E-state index is 8.74. The second-order valence-electron chi connectivity index (χ2n) is 2.24. The number of aliphatic hydroxyl groups excluding tert-OH is 1. The summed E-state index contributed by atoms with van der Waals surface area (Å²) in [7, 11) is 1.87. The highest BCUT2D eigenvalue weighted by Gasteiger charge is 1.99. The lowest BCUT2D eigenvalue weighted by Crippen LogP contribution is -2.22. The quantitative estimate of drug-likeness (QED) is 0.450. The zero-order valence-corrected chi connectivity index (χ0v) is 6.43. The average Bonchev–Trinajstić information content (AvgIpc) is 1.90. The number of hydrogen-bond donors (Lipinski definition) is 2.